The van der Waals surface area contributed by atoms with E-state index in [1.165, 1.54) is 19.3 Å². The predicted octanol–water partition coefficient (Wildman–Crippen LogP) is 1.13. The minimum Gasteiger partial charge on any atom is -0.340 e. The summed E-state index contributed by atoms with van der Waals surface area (Å²) in [5, 5.41) is 0. The van der Waals surface area contributed by atoms with Crippen LogP contribution in [0.15, 0.2) is 0 Å². The van der Waals surface area contributed by atoms with E-state index in [9.17, 15) is 4.79 Å². The number of piperidine rings is 1. The monoisotopic (exact) mass is 184 g/mol. The van der Waals surface area contributed by atoms with E-state index in [0.717, 1.165) is 25.9 Å². The molecule has 1 amide bonds. The molecule has 3 nitrogen and oxygen atoms in total. The van der Waals surface area contributed by atoms with Crippen LogP contribution >= 0.6 is 0 Å². The molecule has 0 saturated carbocycles. The van der Waals surface area contributed by atoms with E-state index in [1.54, 1.807) is 6.92 Å². The molecule has 0 radical (unpaired) electrons. The van der Waals surface area contributed by atoms with E-state index in [4.69, 9.17) is 5.73 Å². The Balaban J connectivity index is 2.41. The Labute approximate surface area is 80.3 Å². The van der Waals surface area contributed by atoms with Crippen LogP contribution in [0.25, 0.3) is 0 Å². The smallest absolute Gasteiger partial charge is 0.219 e. The van der Waals surface area contributed by atoms with E-state index in [0.29, 0.717) is 6.04 Å². The van der Waals surface area contributed by atoms with Gasteiger partial charge in [0.05, 0.1) is 0 Å². The second-order valence-corrected chi connectivity index (χ2v) is 3.79. The SMILES string of the molecule is CC(=O)N1CCCCC1CCCN. The first-order valence-electron chi connectivity index (χ1n) is 5.23. The fraction of sp³-hybridized carbons (Fsp3) is 0.900. The van der Waals surface area contributed by atoms with E-state index < -0.39 is 0 Å². The normalized spacial score (nSPS) is 23.2. The van der Waals surface area contributed by atoms with Crippen LogP contribution in [0, 0.1) is 0 Å². The van der Waals surface area contributed by atoms with Gasteiger partial charge in [-0.1, -0.05) is 0 Å². The third kappa shape index (κ3) is 2.99. The number of nitrogens with two attached hydrogens (primary N) is 1. The summed E-state index contributed by atoms with van der Waals surface area (Å²) in [6.07, 6.45) is 5.71. The molecule has 1 fully saturated rings. The van der Waals surface area contributed by atoms with Gasteiger partial charge in [-0.2, -0.15) is 0 Å². The predicted molar refractivity (Wildman–Crippen MR) is 53.3 cm³/mol. The number of likely N-dealkylation sites (tertiary alicyclic amines) is 1. The van der Waals surface area contributed by atoms with Crippen molar-refractivity contribution < 1.29 is 4.79 Å². The molecule has 1 atom stereocenters. The van der Waals surface area contributed by atoms with Crippen molar-refractivity contribution in [2.75, 3.05) is 13.1 Å². The average molecular weight is 184 g/mol. The lowest BCUT2D eigenvalue weighted by Gasteiger charge is -2.35. The summed E-state index contributed by atoms with van der Waals surface area (Å²) >= 11 is 0. The average Bonchev–Trinajstić information content (AvgIpc) is 2.15. The molecule has 76 valence electrons. The summed E-state index contributed by atoms with van der Waals surface area (Å²) in [6, 6.07) is 0.467. The number of amides is 1. The molecule has 3 heteroatoms. The molecule has 0 bridgehead atoms. The Bertz CT molecular complexity index is 170. The molecule has 0 aromatic heterocycles. The van der Waals surface area contributed by atoms with Crippen LogP contribution < -0.4 is 5.73 Å². The van der Waals surface area contributed by atoms with Gasteiger partial charge in [-0.15, -0.1) is 0 Å². The first kappa shape index (κ1) is 10.5. The zero-order valence-corrected chi connectivity index (χ0v) is 8.46. The van der Waals surface area contributed by atoms with Crippen molar-refractivity contribution >= 4 is 5.91 Å². The zero-order chi connectivity index (χ0) is 9.68. The van der Waals surface area contributed by atoms with Gasteiger partial charge in [-0.25, -0.2) is 0 Å². The van der Waals surface area contributed by atoms with Gasteiger partial charge in [0.15, 0.2) is 0 Å². The van der Waals surface area contributed by atoms with Crippen LogP contribution in [0.4, 0.5) is 0 Å². The highest BCUT2D eigenvalue weighted by Crippen LogP contribution is 2.20. The van der Waals surface area contributed by atoms with Gasteiger partial charge in [0, 0.05) is 19.5 Å². The maximum atomic E-state index is 11.3. The summed E-state index contributed by atoms with van der Waals surface area (Å²) in [5.74, 6) is 0.224. The van der Waals surface area contributed by atoms with Crippen molar-refractivity contribution in [1.29, 1.82) is 0 Å². The number of carbonyl (C=O) groups is 1. The van der Waals surface area contributed by atoms with Gasteiger partial charge < -0.3 is 10.6 Å². The van der Waals surface area contributed by atoms with E-state index >= 15 is 0 Å². The molecule has 0 aromatic rings. The van der Waals surface area contributed by atoms with Crippen molar-refractivity contribution in [3.8, 4) is 0 Å². The van der Waals surface area contributed by atoms with Crippen LogP contribution in [-0.2, 0) is 4.79 Å². The molecule has 0 aliphatic carbocycles. The number of rotatable bonds is 3. The van der Waals surface area contributed by atoms with Crippen molar-refractivity contribution in [1.82, 2.24) is 4.90 Å². The van der Waals surface area contributed by atoms with Crippen LogP contribution in [0.5, 0.6) is 0 Å². The highest BCUT2D eigenvalue weighted by molar-refractivity contribution is 5.73. The lowest BCUT2D eigenvalue weighted by Crippen LogP contribution is -2.42. The largest absolute Gasteiger partial charge is 0.340 e. The fourth-order valence-corrected chi connectivity index (χ4v) is 2.07. The van der Waals surface area contributed by atoms with Crippen molar-refractivity contribution in [3.63, 3.8) is 0 Å². The van der Waals surface area contributed by atoms with E-state index in [-0.39, 0.29) is 5.91 Å². The summed E-state index contributed by atoms with van der Waals surface area (Å²) in [6.45, 7) is 3.35. The molecule has 1 heterocycles. The van der Waals surface area contributed by atoms with E-state index in [2.05, 4.69) is 0 Å². The van der Waals surface area contributed by atoms with Gasteiger partial charge in [0.25, 0.3) is 0 Å². The third-order valence-electron chi connectivity index (χ3n) is 2.77. The van der Waals surface area contributed by atoms with Gasteiger partial charge >= 0.3 is 0 Å². The fourth-order valence-electron chi connectivity index (χ4n) is 2.07. The lowest BCUT2D eigenvalue weighted by molar-refractivity contribution is -0.132. The molecule has 1 rings (SSSR count). The minimum absolute atomic E-state index is 0.224. The Morgan fingerprint density at radius 1 is 1.54 bits per heavy atom. The summed E-state index contributed by atoms with van der Waals surface area (Å²) in [4.78, 5) is 13.3. The molecule has 1 unspecified atom stereocenters. The summed E-state index contributed by atoms with van der Waals surface area (Å²) in [5.41, 5.74) is 5.46. The van der Waals surface area contributed by atoms with Crippen LogP contribution in [0.2, 0.25) is 0 Å². The Morgan fingerprint density at radius 2 is 2.31 bits per heavy atom. The highest BCUT2D eigenvalue weighted by atomic mass is 16.2. The summed E-state index contributed by atoms with van der Waals surface area (Å²) < 4.78 is 0. The second-order valence-electron chi connectivity index (χ2n) is 3.79. The molecular formula is C10H20N2O. The van der Waals surface area contributed by atoms with Crippen LogP contribution in [0.3, 0.4) is 0 Å². The number of hydrogen-bond acceptors (Lipinski definition) is 2. The molecule has 13 heavy (non-hydrogen) atoms. The van der Waals surface area contributed by atoms with Gasteiger partial charge in [0.2, 0.25) is 5.91 Å². The molecule has 1 aliphatic heterocycles. The Morgan fingerprint density at radius 3 is 2.92 bits per heavy atom. The quantitative estimate of drug-likeness (QED) is 0.714. The summed E-state index contributed by atoms with van der Waals surface area (Å²) in [7, 11) is 0. The van der Waals surface area contributed by atoms with Gasteiger partial charge in [-0.3, -0.25) is 4.79 Å². The molecular weight excluding hydrogens is 164 g/mol. The molecule has 1 saturated heterocycles. The number of carbonyl (C=O) groups excluding carboxylic acids is 1. The molecule has 0 aromatic carbocycles. The lowest BCUT2D eigenvalue weighted by atomic mass is 9.98. The first-order valence-corrected chi connectivity index (χ1v) is 5.23. The highest BCUT2D eigenvalue weighted by Gasteiger charge is 2.23. The third-order valence-corrected chi connectivity index (χ3v) is 2.77. The standard InChI is InChI=1S/C10H20N2O/c1-9(13)12-8-3-2-5-10(12)6-4-7-11/h10H,2-8,11H2,1H3. The Kier molecular flexibility index (Phi) is 4.22. The molecule has 1 aliphatic rings. The first-order chi connectivity index (χ1) is 6.25. The van der Waals surface area contributed by atoms with Gasteiger partial charge in [0.1, 0.15) is 0 Å². The molecule has 2 N–H and O–H groups in total. The van der Waals surface area contributed by atoms with E-state index in [1.807, 2.05) is 4.90 Å². The Hall–Kier alpha value is -0.570. The van der Waals surface area contributed by atoms with Crippen LogP contribution in [-0.4, -0.2) is 29.9 Å². The van der Waals surface area contributed by atoms with Crippen molar-refractivity contribution in [2.45, 2.75) is 45.1 Å². The van der Waals surface area contributed by atoms with Gasteiger partial charge in [-0.05, 0) is 38.6 Å². The maximum Gasteiger partial charge on any atom is 0.219 e. The van der Waals surface area contributed by atoms with Crippen molar-refractivity contribution in [2.24, 2.45) is 5.73 Å². The number of hydrogen-bond donors (Lipinski definition) is 1. The molecule has 0 spiro atoms. The van der Waals surface area contributed by atoms with Crippen molar-refractivity contribution in [3.05, 3.63) is 0 Å². The second kappa shape index (κ2) is 5.22. The van der Waals surface area contributed by atoms with Crippen LogP contribution in [0.1, 0.15) is 39.0 Å². The minimum atomic E-state index is 0.224. The maximum absolute atomic E-state index is 11.3. The topological polar surface area (TPSA) is 46.3 Å². The zero-order valence-electron chi connectivity index (χ0n) is 8.46. The number of nitrogens with zero attached hydrogens (tertiary/aromatic N) is 1.